The molecule has 2 atom stereocenters. The number of hydrogen-bond donors (Lipinski definition) is 1. The number of carbonyl (C=O) groups is 2. The van der Waals surface area contributed by atoms with Gasteiger partial charge in [0, 0.05) is 17.0 Å². The smallest absolute Gasteiger partial charge is 0.227 e. The fourth-order valence-corrected chi connectivity index (χ4v) is 4.46. The molecule has 156 valence electrons. The van der Waals surface area contributed by atoms with Crippen molar-refractivity contribution in [2.75, 3.05) is 11.5 Å². The van der Waals surface area contributed by atoms with Crippen LogP contribution in [0.15, 0.2) is 36.4 Å². The summed E-state index contributed by atoms with van der Waals surface area (Å²) in [7, 11) is 0. The molecule has 2 heterocycles. The number of carbonyl (C=O) groups excluding carboxylic acids is 2. The van der Waals surface area contributed by atoms with E-state index in [9.17, 15) is 14.7 Å². The summed E-state index contributed by atoms with van der Waals surface area (Å²) in [5, 5.41) is 10.3. The molecule has 1 fully saturated rings. The van der Waals surface area contributed by atoms with Gasteiger partial charge in [-0.1, -0.05) is 38.3 Å². The van der Waals surface area contributed by atoms with Crippen LogP contribution in [0.1, 0.15) is 71.7 Å². The number of aldehydes is 1. The lowest BCUT2D eigenvalue weighted by Crippen LogP contribution is -2.36. The molecule has 1 N–H and O–H groups in total. The Balaban J connectivity index is 1.57. The summed E-state index contributed by atoms with van der Waals surface area (Å²) < 4.78 is 5.84. The largest absolute Gasteiger partial charge is 0.388 e. The van der Waals surface area contributed by atoms with Crippen LogP contribution in [-0.4, -0.2) is 29.9 Å². The third-order valence-electron chi connectivity index (χ3n) is 5.32. The maximum atomic E-state index is 12.4. The number of hydrogen-bond acceptors (Lipinski definition) is 5. The summed E-state index contributed by atoms with van der Waals surface area (Å²) in [6.07, 6.45) is 5.72. The molecule has 1 aliphatic heterocycles. The molecule has 29 heavy (non-hydrogen) atoms. The number of ether oxygens (including phenoxy) is 1. The van der Waals surface area contributed by atoms with Crippen LogP contribution in [0, 0.1) is 0 Å². The van der Waals surface area contributed by atoms with Crippen LogP contribution in [-0.2, 0) is 16.1 Å². The summed E-state index contributed by atoms with van der Waals surface area (Å²) in [4.78, 5) is 26.7. The standard InChI is InChI=1S/C23H29NO4S/c1-2-3-4-5-22(26)17-6-8-18(9-7-17)24-19(10-13-23(24)27)15-28-16-21-12-11-20(14-25)29-21/h6-9,11-12,14,19,22,26H,2-5,10,13,15-16H2,1H3/t19-,22?/m1/s1. The third kappa shape index (κ3) is 5.75. The van der Waals surface area contributed by atoms with Crippen LogP contribution >= 0.6 is 11.3 Å². The van der Waals surface area contributed by atoms with Crippen molar-refractivity contribution in [2.24, 2.45) is 0 Å². The van der Waals surface area contributed by atoms with Crippen molar-refractivity contribution in [3.05, 3.63) is 51.7 Å². The molecule has 0 radical (unpaired) electrons. The number of rotatable bonds is 11. The van der Waals surface area contributed by atoms with E-state index in [0.717, 1.165) is 54.5 Å². The van der Waals surface area contributed by atoms with E-state index in [1.54, 1.807) is 6.07 Å². The molecular weight excluding hydrogens is 386 g/mol. The molecule has 1 unspecified atom stereocenters. The Kier molecular flexibility index (Phi) is 7.98. The number of unbranched alkanes of at least 4 members (excludes halogenated alkanes) is 2. The summed E-state index contributed by atoms with van der Waals surface area (Å²) in [6, 6.07) is 11.4. The SMILES string of the molecule is CCCCCC(O)c1ccc(N2C(=O)CC[C@@H]2COCc2ccc(C=O)s2)cc1. The Morgan fingerprint density at radius 2 is 2.03 bits per heavy atom. The molecule has 1 aromatic heterocycles. The molecule has 6 heteroatoms. The van der Waals surface area contributed by atoms with Crippen molar-refractivity contribution >= 4 is 29.2 Å². The van der Waals surface area contributed by atoms with Gasteiger partial charge in [0.1, 0.15) is 0 Å². The maximum Gasteiger partial charge on any atom is 0.227 e. The first kappa shape index (κ1) is 21.7. The average molecular weight is 416 g/mol. The number of anilines is 1. The second kappa shape index (κ2) is 10.7. The van der Waals surface area contributed by atoms with Gasteiger partial charge in [0.15, 0.2) is 6.29 Å². The second-order valence-corrected chi connectivity index (χ2v) is 8.70. The van der Waals surface area contributed by atoms with Gasteiger partial charge in [0.25, 0.3) is 0 Å². The van der Waals surface area contributed by atoms with Crippen molar-refractivity contribution in [3.63, 3.8) is 0 Å². The minimum Gasteiger partial charge on any atom is -0.388 e. The van der Waals surface area contributed by atoms with E-state index in [0.29, 0.717) is 24.5 Å². The second-order valence-electron chi connectivity index (χ2n) is 7.50. The van der Waals surface area contributed by atoms with Gasteiger partial charge >= 0.3 is 0 Å². The fraction of sp³-hybridized carbons (Fsp3) is 0.478. The van der Waals surface area contributed by atoms with E-state index in [1.165, 1.54) is 11.3 Å². The van der Waals surface area contributed by atoms with Gasteiger partial charge in [-0.05, 0) is 42.7 Å². The van der Waals surface area contributed by atoms with Gasteiger partial charge in [0.05, 0.1) is 30.2 Å². The number of amides is 1. The van der Waals surface area contributed by atoms with Gasteiger partial charge in [-0.2, -0.15) is 0 Å². The van der Waals surface area contributed by atoms with Crippen molar-refractivity contribution in [1.29, 1.82) is 0 Å². The predicted octanol–water partition coefficient (Wildman–Crippen LogP) is 4.89. The molecule has 1 saturated heterocycles. The Bertz CT molecular complexity index is 801. The molecule has 0 aliphatic carbocycles. The normalized spacial score (nSPS) is 17.7. The monoisotopic (exact) mass is 415 g/mol. The van der Waals surface area contributed by atoms with Crippen LogP contribution in [0.5, 0.6) is 0 Å². The topological polar surface area (TPSA) is 66.8 Å². The molecule has 1 aliphatic rings. The lowest BCUT2D eigenvalue weighted by molar-refractivity contribution is -0.117. The number of nitrogens with zero attached hydrogens (tertiary/aromatic N) is 1. The number of thiophene rings is 1. The first-order chi connectivity index (χ1) is 14.1. The summed E-state index contributed by atoms with van der Waals surface area (Å²) in [5.41, 5.74) is 1.75. The lowest BCUT2D eigenvalue weighted by Gasteiger charge is -2.25. The van der Waals surface area contributed by atoms with Crippen molar-refractivity contribution < 1.29 is 19.4 Å². The molecule has 3 rings (SSSR count). The number of aliphatic hydroxyl groups is 1. The van der Waals surface area contributed by atoms with Gasteiger partial charge in [0.2, 0.25) is 5.91 Å². The zero-order chi connectivity index (χ0) is 20.6. The Labute approximate surface area is 176 Å². The first-order valence-corrected chi connectivity index (χ1v) is 11.2. The Hall–Kier alpha value is -2.02. The van der Waals surface area contributed by atoms with Gasteiger partial charge < -0.3 is 14.7 Å². The lowest BCUT2D eigenvalue weighted by atomic mass is 10.0. The van der Waals surface area contributed by atoms with Crippen LogP contribution in [0.25, 0.3) is 0 Å². The van der Waals surface area contributed by atoms with Gasteiger partial charge in [-0.25, -0.2) is 0 Å². The highest BCUT2D eigenvalue weighted by Gasteiger charge is 2.32. The summed E-state index contributed by atoms with van der Waals surface area (Å²) in [6.45, 7) is 3.05. The van der Waals surface area contributed by atoms with E-state index in [-0.39, 0.29) is 11.9 Å². The molecule has 5 nitrogen and oxygen atoms in total. The average Bonchev–Trinajstić information content (AvgIpc) is 3.35. The first-order valence-electron chi connectivity index (χ1n) is 10.3. The summed E-state index contributed by atoms with van der Waals surface area (Å²) >= 11 is 1.43. The minimum atomic E-state index is -0.453. The maximum absolute atomic E-state index is 12.4. The minimum absolute atomic E-state index is 0.00771. The summed E-state index contributed by atoms with van der Waals surface area (Å²) in [5.74, 6) is 0.106. The van der Waals surface area contributed by atoms with Crippen molar-refractivity contribution in [2.45, 2.75) is 64.2 Å². The highest BCUT2D eigenvalue weighted by atomic mass is 32.1. The van der Waals surface area contributed by atoms with E-state index >= 15 is 0 Å². The van der Waals surface area contributed by atoms with Crippen LogP contribution in [0.2, 0.25) is 0 Å². The van der Waals surface area contributed by atoms with Crippen LogP contribution in [0.4, 0.5) is 5.69 Å². The van der Waals surface area contributed by atoms with Crippen LogP contribution in [0.3, 0.4) is 0 Å². The van der Waals surface area contributed by atoms with Crippen molar-refractivity contribution in [3.8, 4) is 0 Å². The highest BCUT2D eigenvalue weighted by molar-refractivity contribution is 7.13. The van der Waals surface area contributed by atoms with E-state index in [1.807, 2.05) is 35.2 Å². The van der Waals surface area contributed by atoms with Crippen LogP contribution < -0.4 is 4.90 Å². The zero-order valence-corrected chi connectivity index (χ0v) is 17.7. The quantitative estimate of drug-likeness (QED) is 0.419. The van der Waals surface area contributed by atoms with E-state index in [2.05, 4.69) is 6.92 Å². The van der Waals surface area contributed by atoms with E-state index < -0.39 is 6.10 Å². The zero-order valence-electron chi connectivity index (χ0n) is 16.9. The molecule has 1 amide bonds. The highest BCUT2D eigenvalue weighted by Crippen LogP contribution is 2.29. The third-order valence-corrected chi connectivity index (χ3v) is 6.30. The molecular formula is C23H29NO4S. The number of aliphatic hydroxyl groups excluding tert-OH is 1. The Morgan fingerprint density at radius 3 is 2.72 bits per heavy atom. The molecule has 1 aromatic carbocycles. The Morgan fingerprint density at radius 1 is 1.24 bits per heavy atom. The molecule has 2 aromatic rings. The number of benzene rings is 1. The van der Waals surface area contributed by atoms with Gasteiger partial charge in [-0.15, -0.1) is 11.3 Å². The fourth-order valence-electron chi connectivity index (χ4n) is 3.70. The molecule has 0 bridgehead atoms. The van der Waals surface area contributed by atoms with Gasteiger partial charge in [-0.3, -0.25) is 9.59 Å². The van der Waals surface area contributed by atoms with E-state index in [4.69, 9.17) is 4.74 Å². The molecule has 0 saturated carbocycles. The molecule has 0 spiro atoms. The van der Waals surface area contributed by atoms with Crippen molar-refractivity contribution in [1.82, 2.24) is 0 Å². The predicted molar refractivity (Wildman–Crippen MR) is 115 cm³/mol.